The van der Waals surface area contributed by atoms with Crippen molar-refractivity contribution in [1.29, 1.82) is 0 Å². The molecule has 3 rings (SSSR count). The first-order valence-electron chi connectivity index (χ1n) is 6.10. The van der Waals surface area contributed by atoms with E-state index < -0.39 is 0 Å². The van der Waals surface area contributed by atoms with Crippen LogP contribution in [0.2, 0.25) is 0 Å². The molecule has 0 amide bonds. The Morgan fingerprint density at radius 1 is 0.941 bits per heavy atom. The molecule has 1 aliphatic heterocycles. The zero-order valence-corrected chi connectivity index (χ0v) is 9.93. The highest BCUT2D eigenvalue weighted by Gasteiger charge is 2.29. The van der Waals surface area contributed by atoms with Gasteiger partial charge in [-0.25, -0.2) is 0 Å². The molecule has 0 saturated carbocycles. The Bertz CT molecular complexity index is 537. The topological polar surface area (TPSA) is 12.4 Å². The molecule has 0 fully saturated rings. The van der Waals surface area contributed by atoms with Crippen molar-refractivity contribution in [3.63, 3.8) is 0 Å². The smallest absolute Gasteiger partial charge is 0.118 e. The number of hydrogen-bond donors (Lipinski definition) is 0. The standard InChI is InChI=1S/C16H15N/c1-2-12-8-10-14(11-9-12)16-15(17-16)13-6-4-3-5-7-13/h3-11,15H,2H2,1H3. The van der Waals surface area contributed by atoms with Gasteiger partial charge in [0.25, 0.3) is 0 Å². The van der Waals surface area contributed by atoms with E-state index in [-0.39, 0.29) is 0 Å². The molecule has 1 heterocycles. The first-order valence-corrected chi connectivity index (χ1v) is 6.10. The Kier molecular flexibility index (Phi) is 2.52. The van der Waals surface area contributed by atoms with Crippen molar-refractivity contribution >= 4 is 5.71 Å². The van der Waals surface area contributed by atoms with Crippen LogP contribution < -0.4 is 0 Å². The van der Waals surface area contributed by atoms with Crippen LogP contribution in [0.4, 0.5) is 0 Å². The van der Waals surface area contributed by atoms with Gasteiger partial charge in [0.15, 0.2) is 0 Å². The van der Waals surface area contributed by atoms with E-state index in [2.05, 4.69) is 60.4 Å². The molecular weight excluding hydrogens is 206 g/mol. The minimum atomic E-state index is 0.295. The van der Waals surface area contributed by atoms with Gasteiger partial charge in [-0.3, -0.25) is 4.99 Å². The Morgan fingerprint density at radius 3 is 2.29 bits per heavy atom. The van der Waals surface area contributed by atoms with Crippen molar-refractivity contribution < 1.29 is 0 Å². The van der Waals surface area contributed by atoms with Crippen LogP contribution in [0.25, 0.3) is 0 Å². The second kappa shape index (κ2) is 4.17. The van der Waals surface area contributed by atoms with Gasteiger partial charge >= 0.3 is 0 Å². The SMILES string of the molecule is CCc1ccc(C2=NC2c2ccccc2)cc1. The zero-order valence-electron chi connectivity index (χ0n) is 9.93. The summed E-state index contributed by atoms with van der Waals surface area (Å²) in [6, 6.07) is 19.5. The normalized spacial score (nSPS) is 17.7. The molecule has 1 nitrogen and oxygen atoms in total. The molecule has 0 aromatic heterocycles. The van der Waals surface area contributed by atoms with Crippen LogP contribution in [0.15, 0.2) is 59.6 Å². The number of benzene rings is 2. The maximum Gasteiger partial charge on any atom is 0.118 e. The van der Waals surface area contributed by atoms with Gasteiger partial charge in [-0.1, -0.05) is 61.5 Å². The number of nitrogens with zero attached hydrogens (tertiary/aromatic N) is 1. The summed E-state index contributed by atoms with van der Waals surface area (Å²) in [7, 11) is 0. The van der Waals surface area contributed by atoms with E-state index in [0.29, 0.717) is 6.04 Å². The molecule has 0 saturated heterocycles. The van der Waals surface area contributed by atoms with Crippen molar-refractivity contribution in [3.05, 3.63) is 71.3 Å². The zero-order chi connectivity index (χ0) is 11.7. The van der Waals surface area contributed by atoms with Crippen LogP contribution in [0.3, 0.4) is 0 Å². The molecule has 2 aromatic carbocycles. The lowest BCUT2D eigenvalue weighted by molar-refractivity contribution is 1.13. The average Bonchev–Trinajstić information content (AvgIpc) is 3.20. The van der Waals surface area contributed by atoms with Gasteiger partial charge in [0.2, 0.25) is 0 Å². The summed E-state index contributed by atoms with van der Waals surface area (Å²) in [5, 5.41) is 0. The van der Waals surface area contributed by atoms with Crippen LogP contribution in [0.1, 0.15) is 29.7 Å². The second-order valence-corrected chi connectivity index (χ2v) is 4.38. The molecule has 0 radical (unpaired) electrons. The van der Waals surface area contributed by atoms with Crippen molar-refractivity contribution in [2.45, 2.75) is 19.4 Å². The molecule has 0 bridgehead atoms. The molecule has 1 heteroatoms. The lowest BCUT2D eigenvalue weighted by Crippen LogP contribution is -1.93. The van der Waals surface area contributed by atoms with Crippen LogP contribution in [-0.2, 0) is 6.42 Å². The van der Waals surface area contributed by atoms with E-state index in [0.717, 1.165) is 6.42 Å². The fourth-order valence-corrected chi connectivity index (χ4v) is 2.11. The van der Waals surface area contributed by atoms with Gasteiger partial charge in [0.05, 0.1) is 5.71 Å². The van der Waals surface area contributed by atoms with Gasteiger partial charge < -0.3 is 0 Å². The van der Waals surface area contributed by atoms with E-state index in [1.54, 1.807) is 0 Å². The third kappa shape index (κ3) is 2.01. The Labute approximate surface area is 102 Å². The highest BCUT2D eigenvalue weighted by molar-refractivity contribution is 6.13. The van der Waals surface area contributed by atoms with Crippen LogP contribution in [0, 0.1) is 0 Å². The molecule has 84 valence electrons. The third-order valence-corrected chi connectivity index (χ3v) is 3.23. The van der Waals surface area contributed by atoms with Crippen molar-refractivity contribution in [2.75, 3.05) is 0 Å². The molecule has 1 atom stereocenters. The van der Waals surface area contributed by atoms with Crippen molar-refractivity contribution in [3.8, 4) is 0 Å². The quantitative estimate of drug-likeness (QED) is 0.747. The van der Waals surface area contributed by atoms with E-state index in [4.69, 9.17) is 0 Å². The van der Waals surface area contributed by atoms with Crippen molar-refractivity contribution in [1.82, 2.24) is 0 Å². The number of aryl methyl sites for hydroxylation is 1. The molecule has 1 unspecified atom stereocenters. The fraction of sp³-hybridized carbons (Fsp3) is 0.188. The van der Waals surface area contributed by atoms with Crippen LogP contribution >= 0.6 is 0 Å². The molecule has 17 heavy (non-hydrogen) atoms. The minimum absolute atomic E-state index is 0.295. The highest BCUT2D eigenvalue weighted by Crippen LogP contribution is 2.34. The maximum atomic E-state index is 4.57. The Balaban J connectivity index is 1.78. The summed E-state index contributed by atoms with van der Waals surface area (Å²) in [4.78, 5) is 4.57. The average molecular weight is 221 g/mol. The largest absolute Gasteiger partial charge is 0.272 e. The predicted molar refractivity (Wildman–Crippen MR) is 71.5 cm³/mol. The fourth-order valence-electron chi connectivity index (χ4n) is 2.11. The molecule has 0 N–H and O–H groups in total. The van der Waals surface area contributed by atoms with E-state index >= 15 is 0 Å². The summed E-state index contributed by atoms with van der Waals surface area (Å²) in [5.74, 6) is 0. The van der Waals surface area contributed by atoms with Crippen LogP contribution in [-0.4, -0.2) is 5.71 Å². The summed E-state index contributed by atoms with van der Waals surface area (Å²) in [6.07, 6.45) is 1.09. The monoisotopic (exact) mass is 221 g/mol. The Hall–Kier alpha value is -1.89. The first-order chi connectivity index (χ1) is 8.38. The third-order valence-electron chi connectivity index (χ3n) is 3.23. The summed E-state index contributed by atoms with van der Waals surface area (Å²) < 4.78 is 0. The van der Waals surface area contributed by atoms with Gasteiger partial charge in [-0.2, -0.15) is 0 Å². The lowest BCUT2D eigenvalue weighted by atomic mass is 10.0. The van der Waals surface area contributed by atoms with Gasteiger partial charge in [-0.05, 0) is 23.1 Å². The molecular formula is C16H15N. The van der Waals surface area contributed by atoms with Gasteiger partial charge in [0, 0.05) is 0 Å². The van der Waals surface area contributed by atoms with Gasteiger partial charge in [0.1, 0.15) is 6.04 Å². The summed E-state index contributed by atoms with van der Waals surface area (Å²) in [5.41, 5.74) is 5.16. The number of rotatable bonds is 3. The number of hydrogen-bond acceptors (Lipinski definition) is 1. The Morgan fingerprint density at radius 2 is 1.65 bits per heavy atom. The highest BCUT2D eigenvalue weighted by atomic mass is 15.0. The van der Waals surface area contributed by atoms with Gasteiger partial charge in [-0.15, -0.1) is 0 Å². The lowest BCUT2D eigenvalue weighted by Gasteiger charge is -1.99. The maximum absolute atomic E-state index is 4.57. The summed E-state index contributed by atoms with van der Waals surface area (Å²) >= 11 is 0. The molecule has 2 aromatic rings. The van der Waals surface area contributed by atoms with E-state index in [9.17, 15) is 0 Å². The minimum Gasteiger partial charge on any atom is -0.272 e. The van der Waals surface area contributed by atoms with Crippen molar-refractivity contribution in [2.24, 2.45) is 4.99 Å². The summed E-state index contributed by atoms with van der Waals surface area (Å²) in [6.45, 7) is 2.18. The molecule has 0 spiro atoms. The number of aliphatic imine (C=N–C) groups is 1. The molecule has 1 aliphatic rings. The molecule has 0 aliphatic carbocycles. The van der Waals surface area contributed by atoms with Crippen LogP contribution in [0.5, 0.6) is 0 Å². The van der Waals surface area contributed by atoms with E-state index in [1.807, 2.05) is 6.07 Å². The first kappa shape index (κ1) is 10.3. The second-order valence-electron chi connectivity index (χ2n) is 4.38. The predicted octanol–water partition coefficient (Wildman–Crippen LogP) is 3.79. The van der Waals surface area contributed by atoms with E-state index in [1.165, 1.54) is 22.4 Å².